The first-order valence-corrected chi connectivity index (χ1v) is 4.87. The minimum absolute atomic E-state index is 0.376. The fraction of sp³-hybridized carbons (Fsp3) is 0.400. The van der Waals surface area contributed by atoms with E-state index in [1.54, 1.807) is 24.5 Å². The van der Waals surface area contributed by atoms with E-state index in [1.165, 1.54) is 4.73 Å². The third-order valence-corrected chi connectivity index (χ3v) is 2.07. The van der Waals surface area contributed by atoms with Gasteiger partial charge in [-0.15, -0.1) is 0 Å². The summed E-state index contributed by atoms with van der Waals surface area (Å²) in [5, 5.41) is 3.07. The molecule has 1 saturated heterocycles. The van der Waals surface area contributed by atoms with Crippen molar-refractivity contribution >= 4 is 5.97 Å². The van der Waals surface area contributed by atoms with Gasteiger partial charge in [0, 0.05) is 30.0 Å². The average Bonchev–Trinajstić information content (AvgIpc) is 2.31. The Morgan fingerprint density at radius 1 is 1.40 bits per heavy atom. The number of rotatable bonds is 2. The number of hydrogen-bond donors (Lipinski definition) is 1. The minimum atomic E-state index is -0.508. The molecule has 0 radical (unpaired) electrons. The van der Waals surface area contributed by atoms with Crippen LogP contribution in [0.2, 0.25) is 0 Å². The SMILES string of the molecule is O=C(O[n+]1ccccc1)C1CNCCO1. The molecule has 1 aromatic rings. The van der Waals surface area contributed by atoms with E-state index >= 15 is 0 Å². The third-order valence-electron chi connectivity index (χ3n) is 2.07. The second-order valence-electron chi connectivity index (χ2n) is 3.21. The molecule has 1 aromatic heterocycles. The molecule has 1 aliphatic rings. The first-order valence-electron chi connectivity index (χ1n) is 4.87. The van der Waals surface area contributed by atoms with Gasteiger partial charge in [-0.05, 0) is 0 Å². The number of pyridine rings is 1. The molecule has 0 aromatic carbocycles. The van der Waals surface area contributed by atoms with Crippen LogP contribution in [0.5, 0.6) is 0 Å². The van der Waals surface area contributed by atoms with Crippen molar-refractivity contribution in [3.05, 3.63) is 30.6 Å². The molecule has 1 aliphatic heterocycles. The topological polar surface area (TPSA) is 51.4 Å². The van der Waals surface area contributed by atoms with Crippen LogP contribution >= 0.6 is 0 Å². The van der Waals surface area contributed by atoms with Gasteiger partial charge >= 0.3 is 5.97 Å². The maximum absolute atomic E-state index is 11.6. The highest BCUT2D eigenvalue weighted by atomic mass is 16.7. The highest BCUT2D eigenvalue weighted by Crippen LogP contribution is 1.95. The zero-order valence-electron chi connectivity index (χ0n) is 8.26. The van der Waals surface area contributed by atoms with Crippen LogP contribution in [-0.4, -0.2) is 31.8 Å². The summed E-state index contributed by atoms with van der Waals surface area (Å²) in [6.45, 7) is 1.83. The van der Waals surface area contributed by atoms with E-state index in [0.29, 0.717) is 13.2 Å². The van der Waals surface area contributed by atoms with Crippen molar-refractivity contribution in [3.8, 4) is 0 Å². The van der Waals surface area contributed by atoms with E-state index in [-0.39, 0.29) is 5.97 Å². The van der Waals surface area contributed by atoms with E-state index in [2.05, 4.69) is 5.32 Å². The summed E-state index contributed by atoms with van der Waals surface area (Å²) in [7, 11) is 0. The highest BCUT2D eigenvalue weighted by Gasteiger charge is 2.26. The van der Waals surface area contributed by atoms with Crippen LogP contribution in [0.15, 0.2) is 30.6 Å². The molecule has 0 amide bonds. The molecule has 2 rings (SSSR count). The Kier molecular flexibility index (Phi) is 3.26. The maximum Gasteiger partial charge on any atom is 0.410 e. The van der Waals surface area contributed by atoms with E-state index in [1.807, 2.05) is 6.07 Å². The molecular weight excluding hydrogens is 196 g/mol. The van der Waals surface area contributed by atoms with Crippen LogP contribution in [0, 0.1) is 0 Å². The van der Waals surface area contributed by atoms with Crippen molar-refractivity contribution in [2.45, 2.75) is 6.10 Å². The average molecular weight is 209 g/mol. The predicted molar refractivity (Wildman–Crippen MR) is 50.8 cm³/mol. The summed E-state index contributed by atoms with van der Waals surface area (Å²) >= 11 is 0. The molecule has 1 atom stereocenters. The van der Waals surface area contributed by atoms with Crippen LogP contribution < -0.4 is 14.9 Å². The fourth-order valence-electron chi connectivity index (χ4n) is 1.32. The molecule has 2 heterocycles. The molecule has 5 heteroatoms. The number of carbonyl (C=O) groups is 1. The van der Waals surface area contributed by atoms with Gasteiger partial charge in [-0.25, -0.2) is 4.79 Å². The molecule has 0 saturated carbocycles. The molecule has 5 nitrogen and oxygen atoms in total. The lowest BCUT2D eigenvalue weighted by atomic mass is 10.3. The largest absolute Gasteiger partial charge is 0.410 e. The second kappa shape index (κ2) is 4.86. The van der Waals surface area contributed by atoms with Crippen molar-refractivity contribution < 1.29 is 19.1 Å². The standard InChI is InChI=1S/C10H13N2O3/c13-10(9-8-11-4-7-14-9)15-12-5-2-1-3-6-12/h1-3,5-6,9,11H,4,7-8H2/q+1. The number of morpholine rings is 1. The number of hydrogen-bond acceptors (Lipinski definition) is 4. The maximum atomic E-state index is 11.6. The monoisotopic (exact) mass is 209 g/mol. The molecule has 15 heavy (non-hydrogen) atoms. The Morgan fingerprint density at radius 3 is 2.87 bits per heavy atom. The van der Waals surface area contributed by atoms with Crippen LogP contribution in [0.4, 0.5) is 0 Å². The van der Waals surface area contributed by atoms with Gasteiger partial charge in [-0.2, -0.15) is 4.84 Å². The van der Waals surface area contributed by atoms with Gasteiger partial charge in [-0.3, -0.25) is 0 Å². The van der Waals surface area contributed by atoms with Crippen molar-refractivity contribution in [1.29, 1.82) is 0 Å². The number of carbonyl (C=O) groups excluding carboxylic acids is 1. The summed E-state index contributed by atoms with van der Waals surface area (Å²) < 4.78 is 6.62. The van der Waals surface area contributed by atoms with Crippen molar-refractivity contribution in [3.63, 3.8) is 0 Å². The number of aromatic nitrogens is 1. The van der Waals surface area contributed by atoms with E-state index < -0.39 is 6.10 Å². The Hall–Kier alpha value is -1.46. The molecule has 1 fully saturated rings. The Balaban J connectivity index is 1.91. The zero-order chi connectivity index (χ0) is 10.5. The lowest BCUT2D eigenvalue weighted by Gasteiger charge is -2.19. The number of nitrogens with zero attached hydrogens (tertiary/aromatic N) is 1. The summed E-state index contributed by atoms with van der Waals surface area (Å²) in [5.41, 5.74) is 0. The molecular formula is C10H13N2O3+. The van der Waals surface area contributed by atoms with Crippen LogP contribution in [0.3, 0.4) is 0 Å². The van der Waals surface area contributed by atoms with Crippen LogP contribution in [0.1, 0.15) is 0 Å². The first kappa shape index (κ1) is 10.1. The van der Waals surface area contributed by atoms with Crippen LogP contribution in [0.25, 0.3) is 0 Å². The van der Waals surface area contributed by atoms with Gasteiger partial charge in [0.2, 0.25) is 12.4 Å². The number of ether oxygens (including phenoxy) is 1. The van der Waals surface area contributed by atoms with Crippen LogP contribution in [-0.2, 0) is 9.53 Å². The quantitative estimate of drug-likeness (QED) is 0.629. The van der Waals surface area contributed by atoms with E-state index in [9.17, 15) is 4.79 Å². The Labute approximate surface area is 87.6 Å². The number of nitrogens with one attached hydrogen (secondary N) is 1. The molecule has 1 N–H and O–H groups in total. The van der Waals surface area contributed by atoms with Gasteiger partial charge in [0.05, 0.1) is 6.61 Å². The summed E-state index contributed by atoms with van der Waals surface area (Å²) in [5.74, 6) is -0.376. The first-order chi connectivity index (χ1) is 7.36. The van der Waals surface area contributed by atoms with Gasteiger partial charge in [-0.1, -0.05) is 6.07 Å². The summed E-state index contributed by atoms with van der Waals surface area (Å²) in [4.78, 5) is 16.6. The lowest BCUT2D eigenvalue weighted by Crippen LogP contribution is -2.53. The van der Waals surface area contributed by atoms with E-state index in [0.717, 1.165) is 6.54 Å². The molecule has 0 spiro atoms. The normalized spacial score (nSPS) is 20.9. The fourth-order valence-corrected chi connectivity index (χ4v) is 1.32. The summed E-state index contributed by atoms with van der Waals surface area (Å²) in [6, 6.07) is 5.42. The highest BCUT2D eigenvalue weighted by molar-refractivity contribution is 5.74. The van der Waals surface area contributed by atoms with Gasteiger partial charge in [0.15, 0.2) is 6.10 Å². The third kappa shape index (κ3) is 2.74. The van der Waals surface area contributed by atoms with Crippen molar-refractivity contribution in [2.24, 2.45) is 0 Å². The van der Waals surface area contributed by atoms with E-state index in [4.69, 9.17) is 9.57 Å². The Morgan fingerprint density at radius 2 is 2.20 bits per heavy atom. The molecule has 0 aliphatic carbocycles. The zero-order valence-corrected chi connectivity index (χ0v) is 8.26. The minimum Gasteiger partial charge on any atom is -0.364 e. The molecule has 1 unspecified atom stereocenters. The lowest BCUT2D eigenvalue weighted by molar-refractivity contribution is -0.870. The molecule has 0 bridgehead atoms. The second-order valence-corrected chi connectivity index (χ2v) is 3.21. The predicted octanol–water partition coefficient (Wildman–Crippen LogP) is -1.08. The van der Waals surface area contributed by atoms with Crippen molar-refractivity contribution in [2.75, 3.05) is 19.7 Å². The smallest absolute Gasteiger partial charge is 0.364 e. The van der Waals surface area contributed by atoms with Gasteiger partial charge in [0.1, 0.15) is 0 Å². The summed E-state index contributed by atoms with van der Waals surface area (Å²) in [6.07, 6.45) is 2.81. The molecule has 80 valence electrons. The van der Waals surface area contributed by atoms with Crippen molar-refractivity contribution in [1.82, 2.24) is 5.32 Å². The van der Waals surface area contributed by atoms with Gasteiger partial charge in [0.25, 0.3) is 0 Å². The Bertz CT molecular complexity index is 323. The van der Waals surface area contributed by atoms with Gasteiger partial charge < -0.3 is 10.1 Å².